The maximum absolute atomic E-state index is 10.4. The SMILES string of the molecule is O=BOc1cccc(C(=O)O)c1. The topological polar surface area (TPSA) is 63.6 Å². The van der Waals surface area contributed by atoms with Gasteiger partial charge in [0.1, 0.15) is 0 Å². The summed E-state index contributed by atoms with van der Waals surface area (Å²) in [4.78, 5) is 10.4. The summed E-state index contributed by atoms with van der Waals surface area (Å²) in [6.45, 7) is 0. The third-order valence-electron chi connectivity index (χ3n) is 1.27. The Hall–Kier alpha value is -1.65. The molecule has 0 aliphatic carbocycles. The molecule has 0 heterocycles. The Kier molecular flexibility index (Phi) is 2.58. The molecule has 1 N–H and O–H groups in total. The van der Waals surface area contributed by atoms with Gasteiger partial charge in [0.2, 0.25) is 0 Å². The second kappa shape index (κ2) is 3.66. The zero-order valence-electron chi connectivity index (χ0n) is 6.06. The first-order valence-corrected chi connectivity index (χ1v) is 3.17. The van der Waals surface area contributed by atoms with Gasteiger partial charge in [0.05, 0.1) is 0 Å². The summed E-state index contributed by atoms with van der Waals surface area (Å²) in [6, 6.07) is 5.69. The Bertz CT molecular complexity index is 310. The van der Waals surface area contributed by atoms with E-state index in [1.54, 1.807) is 0 Å². The molecule has 1 aromatic rings. The van der Waals surface area contributed by atoms with E-state index in [4.69, 9.17) is 5.11 Å². The second-order valence-corrected chi connectivity index (χ2v) is 2.05. The summed E-state index contributed by atoms with van der Waals surface area (Å²) in [5.41, 5.74) is 0.0920. The number of benzene rings is 1. The van der Waals surface area contributed by atoms with Crippen molar-refractivity contribution < 1.29 is 19.3 Å². The summed E-state index contributed by atoms with van der Waals surface area (Å²) >= 11 is 0. The van der Waals surface area contributed by atoms with Crippen LogP contribution < -0.4 is 4.65 Å². The van der Waals surface area contributed by atoms with Gasteiger partial charge >= 0.3 is 68.2 Å². The van der Waals surface area contributed by atoms with Gasteiger partial charge in [-0.3, -0.25) is 0 Å². The van der Waals surface area contributed by atoms with E-state index in [-0.39, 0.29) is 18.7 Å². The monoisotopic (exact) mass is 164 g/mol. The molecule has 1 rings (SSSR count). The third-order valence-corrected chi connectivity index (χ3v) is 1.27. The predicted octanol–water partition coefficient (Wildman–Crippen LogP) is 0.728. The standard InChI is InChI=1S/C7H5BO4/c9-7(10)5-2-1-3-6(4-5)12-8-11/h1-4H,(H,9,10). The molecule has 0 radical (unpaired) electrons. The van der Waals surface area contributed by atoms with Gasteiger partial charge < -0.3 is 0 Å². The van der Waals surface area contributed by atoms with Gasteiger partial charge in [0.25, 0.3) is 0 Å². The zero-order valence-corrected chi connectivity index (χ0v) is 6.06. The van der Waals surface area contributed by atoms with Crippen molar-refractivity contribution in [1.29, 1.82) is 0 Å². The Morgan fingerprint density at radius 1 is 1.50 bits per heavy atom. The summed E-state index contributed by atoms with van der Waals surface area (Å²) < 4.78 is 14.3. The fourth-order valence-corrected chi connectivity index (χ4v) is 0.758. The van der Waals surface area contributed by atoms with E-state index >= 15 is 0 Å². The molecule has 0 bridgehead atoms. The van der Waals surface area contributed by atoms with Crippen LogP contribution in [0.2, 0.25) is 0 Å². The molecule has 4 nitrogen and oxygen atoms in total. The van der Waals surface area contributed by atoms with Crippen LogP contribution in [-0.2, 0) is 4.70 Å². The van der Waals surface area contributed by atoms with Crippen molar-refractivity contribution in [3.05, 3.63) is 29.8 Å². The van der Waals surface area contributed by atoms with Gasteiger partial charge in [-0.15, -0.1) is 0 Å². The molecule has 0 aliphatic rings. The molecule has 0 saturated heterocycles. The van der Waals surface area contributed by atoms with Gasteiger partial charge in [-0.25, -0.2) is 0 Å². The van der Waals surface area contributed by atoms with Crippen molar-refractivity contribution in [2.45, 2.75) is 0 Å². The molecule has 1 aromatic carbocycles. The molecule has 0 unspecified atom stereocenters. The van der Waals surface area contributed by atoms with E-state index < -0.39 is 5.97 Å². The Balaban J connectivity index is 2.95. The molecule has 60 valence electrons. The van der Waals surface area contributed by atoms with Crippen LogP contribution in [0.4, 0.5) is 0 Å². The molecule has 0 fully saturated rings. The molecule has 0 saturated carbocycles. The minimum absolute atomic E-state index is 0.0920. The zero-order chi connectivity index (χ0) is 8.97. The normalized spacial score (nSPS) is 8.67. The quantitative estimate of drug-likeness (QED) is 0.668. The van der Waals surface area contributed by atoms with Crippen molar-refractivity contribution in [1.82, 2.24) is 0 Å². The minimum atomic E-state index is -1.05. The Labute approximate surface area is 69.1 Å². The van der Waals surface area contributed by atoms with Gasteiger partial charge in [0, 0.05) is 0 Å². The first kappa shape index (κ1) is 8.45. The predicted molar refractivity (Wildman–Crippen MR) is 40.5 cm³/mol. The van der Waals surface area contributed by atoms with E-state index in [1.165, 1.54) is 24.3 Å². The Morgan fingerprint density at radius 2 is 2.25 bits per heavy atom. The first-order chi connectivity index (χ1) is 5.74. The van der Waals surface area contributed by atoms with E-state index in [1.807, 2.05) is 0 Å². The average Bonchev–Trinajstić information content (AvgIpc) is 2.05. The number of hydrogen-bond acceptors (Lipinski definition) is 3. The van der Waals surface area contributed by atoms with Crippen LogP contribution in [0.25, 0.3) is 0 Å². The van der Waals surface area contributed by atoms with E-state index in [2.05, 4.69) is 4.65 Å². The van der Waals surface area contributed by atoms with Crippen molar-refractivity contribution in [3.8, 4) is 5.75 Å². The molecular formula is C7H5BO4. The van der Waals surface area contributed by atoms with Crippen LogP contribution in [0.15, 0.2) is 24.3 Å². The van der Waals surface area contributed by atoms with Gasteiger partial charge in [-0.2, -0.15) is 0 Å². The Morgan fingerprint density at radius 3 is 2.83 bits per heavy atom. The van der Waals surface area contributed by atoms with E-state index in [0.717, 1.165) is 0 Å². The van der Waals surface area contributed by atoms with Gasteiger partial charge in [0.15, 0.2) is 0 Å². The fourth-order valence-electron chi connectivity index (χ4n) is 0.758. The molecule has 0 aliphatic heterocycles. The molecule has 12 heavy (non-hydrogen) atoms. The molecular weight excluding hydrogens is 159 g/mol. The van der Waals surface area contributed by atoms with Gasteiger partial charge in [-0.05, 0) is 0 Å². The van der Waals surface area contributed by atoms with Gasteiger partial charge in [-0.1, -0.05) is 0 Å². The number of hydrogen-bond donors (Lipinski definition) is 1. The molecule has 0 atom stereocenters. The number of rotatable bonds is 3. The van der Waals surface area contributed by atoms with Crippen LogP contribution >= 0.6 is 0 Å². The molecule has 0 amide bonds. The fraction of sp³-hybridized carbons (Fsp3) is 0. The van der Waals surface area contributed by atoms with Crippen LogP contribution in [0.3, 0.4) is 0 Å². The summed E-state index contributed by atoms with van der Waals surface area (Å²) in [7, 11) is 0.251. The van der Waals surface area contributed by atoms with Crippen LogP contribution in [-0.4, -0.2) is 18.4 Å². The molecule has 5 heteroatoms. The maximum atomic E-state index is 10.4. The molecule has 0 spiro atoms. The average molecular weight is 164 g/mol. The number of aromatic carboxylic acids is 1. The summed E-state index contributed by atoms with van der Waals surface area (Å²) in [5, 5.41) is 8.53. The van der Waals surface area contributed by atoms with E-state index in [0.29, 0.717) is 0 Å². The van der Waals surface area contributed by atoms with Crippen molar-refractivity contribution in [3.63, 3.8) is 0 Å². The number of carboxylic acid groups (broad SMARTS) is 1. The van der Waals surface area contributed by atoms with Crippen LogP contribution in [0.5, 0.6) is 5.75 Å². The van der Waals surface area contributed by atoms with Crippen molar-refractivity contribution in [2.24, 2.45) is 0 Å². The van der Waals surface area contributed by atoms with Crippen LogP contribution in [0, 0.1) is 0 Å². The van der Waals surface area contributed by atoms with E-state index in [9.17, 15) is 9.50 Å². The van der Waals surface area contributed by atoms with Crippen molar-refractivity contribution in [2.75, 3.05) is 0 Å². The summed E-state index contributed by atoms with van der Waals surface area (Å²) in [6.07, 6.45) is 0. The third kappa shape index (κ3) is 1.92. The van der Waals surface area contributed by atoms with Crippen LogP contribution in [0.1, 0.15) is 10.4 Å². The number of carboxylic acids is 1. The summed E-state index contributed by atoms with van der Waals surface area (Å²) in [5.74, 6) is -0.823. The first-order valence-electron chi connectivity index (χ1n) is 3.17. The number of carbonyl (C=O) groups is 1. The van der Waals surface area contributed by atoms with Crippen molar-refractivity contribution >= 4 is 13.3 Å². The second-order valence-electron chi connectivity index (χ2n) is 2.05. The molecule has 0 aromatic heterocycles.